The molecule has 0 radical (unpaired) electrons. The highest BCUT2D eigenvalue weighted by atomic mass is 15.2. The third-order valence-corrected chi connectivity index (χ3v) is 3.96. The summed E-state index contributed by atoms with van der Waals surface area (Å²) < 4.78 is 0. The molecule has 0 atom stereocenters. The van der Waals surface area contributed by atoms with Gasteiger partial charge in [0.1, 0.15) is 0 Å². The maximum absolute atomic E-state index is 5.64. The molecule has 0 unspecified atom stereocenters. The molecule has 0 saturated carbocycles. The Morgan fingerprint density at radius 3 is 2.26 bits per heavy atom. The predicted octanol–water partition coefficient (Wildman–Crippen LogP) is 1.72. The molecular formula is C16H27N3. The summed E-state index contributed by atoms with van der Waals surface area (Å²) >= 11 is 0. The molecule has 0 amide bonds. The largest absolute Gasteiger partial charge is 0.329 e. The van der Waals surface area contributed by atoms with Crippen LogP contribution in [0.4, 0.5) is 0 Å². The molecule has 1 aliphatic rings. The van der Waals surface area contributed by atoms with E-state index in [1.165, 1.54) is 30.6 Å². The van der Waals surface area contributed by atoms with Crippen molar-refractivity contribution < 1.29 is 0 Å². The van der Waals surface area contributed by atoms with Crippen LogP contribution in [0.5, 0.6) is 0 Å². The molecule has 1 aromatic rings. The quantitative estimate of drug-likeness (QED) is 0.876. The normalized spacial score (nSPS) is 18.4. The van der Waals surface area contributed by atoms with Crippen LogP contribution in [0.3, 0.4) is 0 Å². The van der Waals surface area contributed by atoms with Gasteiger partial charge >= 0.3 is 0 Å². The predicted molar refractivity (Wildman–Crippen MR) is 81.2 cm³/mol. The number of benzene rings is 1. The molecule has 1 aliphatic heterocycles. The molecule has 106 valence electrons. The SMILES string of the molecule is CCc1ccc(CN2CCCN(CCN)CC2)cc1. The van der Waals surface area contributed by atoms with Crippen molar-refractivity contribution in [3.8, 4) is 0 Å². The molecule has 1 saturated heterocycles. The first-order chi connectivity index (χ1) is 9.31. The van der Waals surface area contributed by atoms with Gasteiger partial charge in [-0.3, -0.25) is 4.90 Å². The highest BCUT2D eigenvalue weighted by Gasteiger charge is 2.14. The molecule has 3 heteroatoms. The minimum atomic E-state index is 0.776. The summed E-state index contributed by atoms with van der Waals surface area (Å²) in [5, 5.41) is 0. The van der Waals surface area contributed by atoms with Crippen molar-refractivity contribution in [1.29, 1.82) is 0 Å². The smallest absolute Gasteiger partial charge is 0.0234 e. The van der Waals surface area contributed by atoms with Crippen molar-refractivity contribution in [3.05, 3.63) is 35.4 Å². The third kappa shape index (κ3) is 4.60. The van der Waals surface area contributed by atoms with E-state index in [9.17, 15) is 0 Å². The van der Waals surface area contributed by atoms with E-state index in [1.807, 2.05) is 0 Å². The van der Waals surface area contributed by atoms with Gasteiger partial charge in [-0.25, -0.2) is 0 Å². The lowest BCUT2D eigenvalue weighted by Gasteiger charge is -2.21. The van der Waals surface area contributed by atoms with E-state index >= 15 is 0 Å². The van der Waals surface area contributed by atoms with Gasteiger partial charge in [-0.2, -0.15) is 0 Å². The summed E-state index contributed by atoms with van der Waals surface area (Å²) in [6.07, 6.45) is 2.38. The van der Waals surface area contributed by atoms with E-state index < -0.39 is 0 Å². The van der Waals surface area contributed by atoms with Gasteiger partial charge in [-0.15, -0.1) is 0 Å². The fourth-order valence-corrected chi connectivity index (χ4v) is 2.73. The van der Waals surface area contributed by atoms with Crippen molar-refractivity contribution in [3.63, 3.8) is 0 Å². The summed E-state index contributed by atoms with van der Waals surface area (Å²) in [5.74, 6) is 0. The molecule has 1 aromatic carbocycles. The molecule has 0 bridgehead atoms. The summed E-state index contributed by atoms with van der Waals surface area (Å²) in [6.45, 7) is 9.83. The molecule has 0 aliphatic carbocycles. The minimum absolute atomic E-state index is 0.776. The third-order valence-electron chi connectivity index (χ3n) is 3.96. The number of nitrogens with two attached hydrogens (primary N) is 1. The minimum Gasteiger partial charge on any atom is -0.329 e. The van der Waals surface area contributed by atoms with Gasteiger partial charge < -0.3 is 10.6 Å². The highest BCUT2D eigenvalue weighted by molar-refractivity contribution is 5.22. The van der Waals surface area contributed by atoms with Gasteiger partial charge in [-0.05, 0) is 37.1 Å². The Morgan fingerprint density at radius 2 is 1.58 bits per heavy atom. The average molecular weight is 261 g/mol. The maximum Gasteiger partial charge on any atom is 0.0234 e. The standard InChI is InChI=1S/C16H27N3/c1-2-15-4-6-16(7-5-15)14-19-10-3-9-18(11-8-17)12-13-19/h4-7H,2-3,8-14,17H2,1H3. The average Bonchev–Trinajstić information content (AvgIpc) is 2.66. The second-order valence-electron chi connectivity index (χ2n) is 5.43. The molecule has 3 nitrogen and oxygen atoms in total. The van der Waals surface area contributed by atoms with Gasteiger partial charge in [0.05, 0.1) is 0 Å². The van der Waals surface area contributed by atoms with E-state index in [-0.39, 0.29) is 0 Å². The molecule has 1 heterocycles. The zero-order valence-electron chi connectivity index (χ0n) is 12.1. The Kier molecular flexibility index (Phi) is 5.83. The fourth-order valence-electron chi connectivity index (χ4n) is 2.73. The van der Waals surface area contributed by atoms with Crippen molar-refractivity contribution in [2.75, 3.05) is 39.3 Å². The molecule has 2 rings (SSSR count). The molecule has 1 fully saturated rings. The monoisotopic (exact) mass is 261 g/mol. The van der Waals surface area contributed by atoms with E-state index in [4.69, 9.17) is 5.73 Å². The lowest BCUT2D eigenvalue weighted by Crippen LogP contribution is -2.33. The lowest BCUT2D eigenvalue weighted by molar-refractivity contribution is 0.255. The van der Waals surface area contributed by atoms with Crippen LogP contribution in [0, 0.1) is 0 Å². The summed E-state index contributed by atoms with van der Waals surface area (Å²) in [7, 11) is 0. The van der Waals surface area contributed by atoms with Crippen LogP contribution in [-0.2, 0) is 13.0 Å². The molecule has 0 spiro atoms. The van der Waals surface area contributed by atoms with Crippen LogP contribution in [-0.4, -0.2) is 49.1 Å². The Morgan fingerprint density at radius 1 is 0.947 bits per heavy atom. The molecular weight excluding hydrogens is 234 g/mol. The van der Waals surface area contributed by atoms with Gasteiger partial charge in [0.2, 0.25) is 0 Å². The van der Waals surface area contributed by atoms with Crippen molar-refractivity contribution in [2.24, 2.45) is 5.73 Å². The van der Waals surface area contributed by atoms with Gasteiger partial charge in [0.15, 0.2) is 0 Å². The summed E-state index contributed by atoms with van der Waals surface area (Å²) in [6, 6.07) is 9.07. The second-order valence-corrected chi connectivity index (χ2v) is 5.43. The second kappa shape index (κ2) is 7.63. The summed E-state index contributed by atoms with van der Waals surface area (Å²) in [4.78, 5) is 5.05. The van der Waals surface area contributed by atoms with E-state index in [0.29, 0.717) is 0 Å². The topological polar surface area (TPSA) is 32.5 Å². The Labute approximate surface area is 117 Å². The van der Waals surface area contributed by atoms with Gasteiger partial charge in [0, 0.05) is 32.7 Å². The van der Waals surface area contributed by atoms with Crippen LogP contribution in [0.15, 0.2) is 24.3 Å². The van der Waals surface area contributed by atoms with Crippen LogP contribution < -0.4 is 5.73 Å². The zero-order valence-corrected chi connectivity index (χ0v) is 12.1. The fraction of sp³-hybridized carbons (Fsp3) is 0.625. The lowest BCUT2D eigenvalue weighted by atomic mass is 10.1. The van der Waals surface area contributed by atoms with E-state index in [2.05, 4.69) is 41.0 Å². The molecule has 19 heavy (non-hydrogen) atoms. The number of hydrogen-bond donors (Lipinski definition) is 1. The van der Waals surface area contributed by atoms with Crippen molar-refractivity contribution in [2.45, 2.75) is 26.3 Å². The van der Waals surface area contributed by atoms with Crippen LogP contribution in [0.25, 0.3) is 0 Å². The highest BCUT2D eigenvalue weighted by Crippen LogP contribution is 2.10. The molecule has 0 aromatic heterocycles. The number of aryl methyl sites for hydroxylation is 1. The van der Waals surface area contributed by atoms with Gasteiger partial charge in [-0.1, -0.05) is 31.2 Å². The first kappa shape index (κ1) is 14.5. The number of rotatable bonds is 5. The van der Waals surface area contributed by atoms with Crippen LogP contribution >= 0.6 is 0 Å². The van der Waals surface area contributed by atoms with E-state index in [1.54, 1.807) is 0 Å². The number of hydrogen-bond acceptors (Lipinski definition) is 3. The van der Waals surface area contributed by atoms with E-state index in [0.717, 1.165) is 39.1 Å². The Bertz CT molecular complexity index is 361. The summed E-state index contributed by atoms with van der Waals surface area (Å²) in [5.41, 5.74) is 8.50. The van der Waals surface area contributed by atoms with Crippen LogP contribution in [0.1, 0.15) is 24.5 Å². The van der Waals surface area contributed by atoms with Gasteiger partial charge in [0.25, 0.3) is 0 Å². The Hall–Kier alpha value is -0.900. The zero-order chi connectivity index (χ0) is 13.5. The van der Waals surface area contributed by atoms with Crippen molar-refractivity contribution in [1.82, 2.24) is 9.80 Å². The first-order valence-electron chi connectivity index (χ1n) is 7.54. The van der Waals surface area contributed by atoms with Crippen LogP contribution in [0.2, 0.25) is 0 Å². The molecule has 2 N–H and O–H groups in total. The Balaban J connectivity index is 1.84. The number of nitrogens with zero attached hydrogens (tertiary/aromatic N) is 2. The van der Waals surface area contributed by atoms with Crippen molar-refractivity contribution >= 4 is 0 Å². The first-order valence-corrected chi connectivity index (χ1v) is 7.54. The maximum atomic E-state index is 5.64.